The second-order valence-corrected chi connectivity index (χ2v) is 1.54. The van der Waals surface area contributed by atoms with Crippen molar-refractivity contribution in [2.24, 2.45) is 5.73 Å². The Balaban J connectivity index is 0. The van der Waals surface area contributed by atoms with Crippen molar-refractivity contribution in [3.05, 3.63) is 0 Å². The van der Waals surface area contributed by atoms with Crippen LogP contribution in [0.4, 0.5) is 0 Å². The Kier molecular flexibility index (Phi) is 15.8. The van der Waals surface area contributed by atoms with E-state index in [9.17, 15) is 0 Å². The summed E-state index contributed by atoms with van der Waals surface area (Å²) in [6.07, 6.45) is 1.19. The van der Waals surface area contributed by atoms with Crippen LogP contribution >= 0.6 is 0 Å². The van der Waals surface area contributed by atoms with Gasteiger partial charge < -0.3 is 11.1 Å². The number of rotatable bonds is 4. The third-order valence-electron chi connectivity index (χ3n) is 0.748. The predicted octanol–water partition coefficient (Wildman–Crippen LogP) is -0.436. The van der Waals surface area contributed by atoms with Crippen LogP contribution in [0.15, 0.2) is 0 Å². The molecule has 0 fully saturated rings. The summed E-state index contributed by atoms with van der Waals surface area (Å²) in [6.45, 7) is 4.94. The van der Waals surface area contributed by atoms with Crippen LogP contribution in [0.5, 0.6) is 0 Å². The van der Waals surface area contributed by atoms with Gasteiger partial charge in [0.25, 0.3) is 0 Å². The zero-order valence-electron chi connectivity index (χ0n) is 5.91. The first kappa shape index (κ1) is 11.7. The van der Waals surface area contributed by atoms with Crippen LogP contribution in [-0.4, -0.2) is 49.2 Å². The molecule has 0 heterocycles. The van der Waals surface area contributed by atoms with Crippen LogP contribution in [-0.2, 0) is 0 Å². The molecule has 0 aliphatic rings. The fourth-order valence-electron chi connectivity index (χ4n) is 0.404. The minimum Gasteiger partial charge on any atom is -0.329 e. The van der Waals surface area contributed by atoms with Crippen molar-refractivity contribution in [1.29, 1.82) is 0 Å². The monoisotopic (exact) mass is 125 g/mol. The topological polar surface area (TPSA) is 38.0 Å². The summed E-state index contributed by atoms with van der Waals surface area (Å²) in [5.41, 5.74) is 5.21. The van der Waals surface area contributed by atoms with Gasteiger partial charge in [0.05, 0.1) is 0 Å². The van der Waals surface area contributed by atoms with Crippen molar-refractivity contribution in [3.8, 4) is 0 Å². The Bertz CT molecular complexity index is 29.6. The normalized spacial score (nSPS) is 8.25. The molecule has 0 unspecified atom stereocenters. The van der Waals surface area contributed by atoms with Gasteiger partial charge in [-0.05, 0) is 13.0 Å². The van der Waals surface area contributed by atoms with Gasteiger partial charge in [-0.2, -0.15) is 0 Å². The molecule has 8 heavy (non-hydrogen) atoms. The fourth-order valence-corrected chi connectivity index (χ4v) is 0.404. The van der Waals surface area contributed by atoms with Gasteiger partial charge in [0.1, 0.15) is 0 Å². The molecule has 2 nitrogen and oxygen atoms in total. The van der Waals surface area contributed by atoms with E-state index in [0.717, 1.165) is 19.6 Å². The Morgan fingerprint density at radius 3 is 2.38 bits per heavy atom. The first-order valence-electron chi connectivity index (χ1n) is 2.82. The molecule has 0 saturated heterocycles. The molecule has 45 valence electrons. The van der Waals surface area contributed by atoms with E-state index in [0.29, 0.717) is 0 Å². The molecule has 0 bridgehead atoms. The molecule has 0 atom stereocenters. The van der Waals surface area contributed by atoms with E-state index in [1.807, 2.05) is 0 Å². The molecule has 3 N–H and O–H groups in total. The number of hydrogen-bond acceptors (Lipinski definition) is 2. The predicted molar refractivity (Wildman–Crippen MR) is 38.0 cm³/mol. The molecule has 0 saturated carbocycles. The van der Waals surface area contributed by atoms with Gasteiger partial charge in [0.2, 0.25) is 0 Å². The minimum atomic E-state index is 0. The third-order valence-corrected chi connectivity index (χ3v) is 0.748. The quantitative estimate of drug-likeness (QED) is 0.395. The average Bonchev–Trinajstić information content (AvgIpc) is 1.69. The van der Waals surface area contributed by atoms with Gasteiger partial charge in [-0.1, -0.05) is 6.92 Å². The van der Waals surface area contributed by atoms with Crippen molar-refractivity contribution >= 4 is 29.6 Å². The van der Waals surface area contributed by atoms with Gasteiger partial charge >= 0.3 is 0 Å². The smallest absolute Gasteiger partial charge is 0.00744 e. The van der Waals surface area contributed by atoms with Gasteiger partial charge in [0, 0.05) is 42.6 Å². The largest absolute Gasteiger partial charge is 0.329 e. The molecule has 3 heteroatoms. The van der Waals surface area contributed by atoms with Gasteiger partial charge in [-0.25, -0.2) is 0 Å². The summed E-state index contributed by atoms with van der Waals surface area (Å²) >= 11 is 0. The van der Waals surface area contributed by atoms with E-state index in [2.05, 4.69) is 12.2 Å². The summed E-state index contributed by atoms with van der Waals surface area (Å²) in [5, 5.41) is 3.16. The molecule has 0 spiro atoms. The second kappa shape index (κ2) is 10.8. The molecule has 0 aromatic rings. The Morgan fingerprint density at radius 1 is 1.38 bits per heavy atom. The molecule has 0 amide bonds. The van der Waals surface area contributed by atoms with Crippen LogP contribution in [0.3, 0.4) is 0 Å². The van der Waals surface area contributed by atoms with Crippen LogP contribution in [0.2, 0.25) is 0 Å². The van der Waals surface area contributed by atoms with Crippen molar-refractivity contribution < 1.29 is 0 Å². The number of hydrogen-bond donors (Lipinski definition) is 2. The van der Waals surface area contributed by atoms with E-state index < -0.39 is 0 Å². The second-order valence-electron chi connectivity index (χ2n) is 1.54. The first-order valence-corrected chi connectivity index (χ1v) is 2.82. The first-order chi connectivity index (χ1) is 3.41. The average molecular weight is 125 g/mol. The SMILES string of the molecule is CCCNCCN.[Na]. The van der Waals surface area contributed by atoms with Crippen LogP contribution < -0.4 is 11.1 Å². The van der Waals surface area contributed by atoms with Crippen molar-refractivity contribution in [3.63, 3.8) is 0 Å². The standard InChI is InChI=1S/C5H14N2.Na/c1-2-4-7-5-3-6;/h7H,2-6H2,1H3;. The van der Waals surface area contributed by atoms with Gasteiger partial charge in [-0.15, -0.1) is 0 Å². The maximum Gasteiger partial charge on any atom is 0.00744 e. The zero-order valence-corrected chi connectivity index (χ0v) is 7.91. The molecule has 0 aliphatic carbocycles. The number of nitrogens with two attached hydrogens (primary N) is 1. The van der Waals surface area contributed by atoms with Crippen LogP contribution in [0.25, 0.3) is 0 Å². The van der Waals surface area contributed by atoms with Crippen LogP contribution in [0.1, 0.15) is 13.3 Å². The van der Waals surface area contributed by atoms with Gasteiger partial charge in [-0.3, -0.25) is 0 Å². The molecule has 0 aliphatic heterocycles. The molecular weight excluding hydrogens is 111 g/mol. The summed E-state index contributed by atoms with van der Waals surface area (Å²) < 4.78 is 0. The summed E-state index contributed by atoms with van der Waals surface area (Å²) in [4.78, 5) is 0. The fraction of sp³-hybridized carbons (Fsp3) is 1.00. The summed E-state index contributed by atoms with van der Waals surface area (Å²) in [6, 6.07) is 0. The Morgan fingerprint density at radius 2 is 2.00 bits per heavy atom. The van der Waals surface area contributed by atoms with Crippen molar-refractivity contribution in [2.75, 3.05) is 19.6 Å². The van der Waals surface area contributed by atoms with Crippen molar-refractivity contribution in [1.82, 2.24) is 5.32 Å². The minimum absolute atomic E-state index is 0. The molecule has 0 aromatic carbocycles. The third kappa shape index (κ3) is 10.0. The van der Waals surface area contributed by atoms with Crippen LogP contribution in [0, 0.1) is 0 Å². The Labute approximate surface area is 73.5 Å². The molecule has 1 radical (unpaired) electrons. The van der Waals surface area contributed by atoms with E-state index in [-0.39, 0.29) is 29.6 Å². The molecule has 0 rings (SSSR count). The summed E-state index contributed by atoms with van der Waals surface area (Å²) in [5.74, 6) is 0. The molecular formula is C5H14N2Na. The molecule has 0 aromatic heterocycles. The van der Waals surface area contributed by atoms with E-state index >= 15 is 0 Å². The van der Waals surface area contributed by atoms with E-state index in [1.165, 1.54) is 6.42 Å². The summed E-state index contributed by atoms with van der Waals surface area (Å²) in [7, 11) is 0. The van der Waals surface area contributed by atoms with Gasteiger partial charge in [0.15, 0.2) is 0 Å². The zero-order chi connectivity index (χ0) is 5.54. The maximum absolute atomic E-state index is 5.21. The maximum atomic E-state index is 5.21. The van der Waals surface area contributed by atoms with E-state index in [1.54, 1.807) is 0 Å². The van der Waals surface area contributed by atoms with E-state index in [4.69, 9.17) is 5.73 Å². The van der Waals surface area contributed by atoms with Crippen molar-refractivity contribution in [2.45, 2.75) is 13.3 Å². The number of nitrogens with one attached hydrogen (secondary N) is 1. The Hall–Kier alpha value is 0.920.